The Morgan fingerprint density at radius 2 is 1.59 bits per heavy atom. The summed E-state index contributed by atoms with van der Waals surface area (Å²) in [6.45, 7) is 5.17. The Labute approximate surface area is 168 Å². The molecule has 0 aromatic heterocycles. The fourth-order valence-electron chi connectivity index (χ4n) is 3.05. The van der Waals surface area contributed by atoms with E-state index in [2.05, 4.69) is 5.32 Å². The van der Waals surface area contributed by atoms with E-state index < -0.39 is 12.1 Å². The minimum absolute atomic E-state index is 0.0385. The second-order valence-electron chi connectivity index (χ2n) is 7.15. The van der Waals surface area contributed by atoms with Crippen molar-refractivity contribution in [3.05, 3.63) is 70.8 Å². The van der Waals surface area contributed by atoms with Gasteiger partial charge in [-0.05, 0) is 50.6 Å². The number of nitrogens with zero attached hydrogens (tertiary/aromatic N) is 1. The third kappa shape index (κ3) is 4.34. The summed E-state index contributed by atoms with van der Waals surface area (Å²) in [5, 5.41) is 2.68. The molecule has 3 amide bonds. The van der Waals surface area contributed by atoms with Gasteiger partial charge in [0.15, 0.2) is 6.10 Å². The van der Waals surface area contributed by atoms with Gasteiger partial charge in [-0.25, -0.2) is 4.79 Å². The number of benzene rings is 2. The van der Waals surface area contributed by atoms with Crippen molar-refractivity contribution in [2.24, 2.45) is 0 Å². The summed E-state index contributed by atoms with van der Waals surface area (Å²) in [6, 6.07) is 13.1. The van der Waals surface area contributed by atoms with E-state index in [4.69, 9.17) is 4.74 Å². The summed E-state index contributed by atoms with van der Waals surface area (Å²) in [7, 11) is 0. The molecule has 0 radical (unpaired) electrons. The maximum absolute atomic E-state index is 12.5. The Morgan fingerprint density at radius 3 is 2.17 bits per heavy atom. The van der Waals surface area contributed by atoms with Crippen LogP contribution in [0, 0.1) is 0 Å². The van der Waals surface area contributed by atoms with Crippen LogP contribution in [0.15, 0.2) is 48.5 Å². The number of fused-ring (bicyclic) bond motifs is 1. The molecule has 1 heterocycles. The van der Waals surface area contributed by atoms with E-state index >= 15 is 0 Å². The maximum Gasteiger partial charge on any atom is 0.338 e. The van der Waals surface area contributed by atoms with Crippen LogP contribution in [0.4, 0.5) is 0 Å². The van der Waals surface area contributed by atoms with Gasteiger partial charge in [-0.3, -0.25) is 19.3 Å². The number of ether oxygens (including phenoxy) is 1. The van der Waals surface area contributed by atoms with Crippen molar-refractivity contribution in [2.45, 2.75) is 39.5 Å². The highest BCUT2D eigenvalue weighted by atomic mass is 16.5. The molecule has 2 aromatic carbocycles. The molecule has 0 fully saturated rings. The molecule has 1 unspecified atom stereocenters. The first-order valence-corrected chi connectivity index (χ1v) is 9.33. The molecule has 1 aliphatic heterocycles. The zero-order valence-electron chi connectivity index (χ0n) is 16.5. The molecule has 1 atom stereocenters. The van der Waals surface area contributed by atoms with Crippen LogP contribution in [-0.2, 0) is 16.1 Å². The van der Waals surface area contributed by atoms with Crippen LogP contribution >= 0.6 is 0 Å². The molecule has 2 aromatic rings. The van der Waals surface area contributed by atoms with Crippen molar-refractivity contribution in [1.29, 1.82) is 0 Å². The molecule has 7 heteroatoms. The summed E-state index contributed by atoms with van der Waals surface area (Å²) in [5.41, 5.74) is 1.59. The first-order valence-electron chi connectivity index (χ1n) is 9.33. The Bertz CT molecular complexity index is 948. The van der Waals surface area contributed by atoms with Gasteiger partial charge in [0.1, 0.15) is 0 Å². The minimum Gasteiger partial charge on any atom is -0.449 e. The van der Waals surface area contributed by atoms with E-state index in [1.165, 1.54) is 6.92 Å². The van der Waals surface area contributed by atoms with Gasteiger partial charge < -0.3 is 10.1 Å². The van der Waals surface area contributed by atoms with Gasteiger partial charge in [0.05, 0.1) is 23.2 Å². The molecule has 0 saturated carbocycles. The van der Waals surface area contributed by atoms with Crippen LogP contribution in [-0.4, -0.2) is 40.7 Å². The zero-order chi connectivity index (χ0) is 21.1. The fourth-order valence-corrected chi connectivity index (χ4v) is 3.05. The largest absolute Gasteiger partial charge is 0.449 e. The molecule has 150 valence electrons. The van der Waals surface area contributed by atoms with Gasteiger partial charge in [-0.15, -0.1) is 0 Å². The Kier molecular flexibility index (Phi) is 5.77. The summed E-state index contributed by atoms with van der Waals surface area (Å²) < 4.78 is 5.22. The molecule has 7 nitrogen and oxygen atoms in total. The van der Waals surface area contributed by atoms with Crippen molar-refractivity contribution < 1.29 is 23.9 Å². The Hall–Kier alpha value is -3.48. The van der Waals surface area contributed by atoms with E-state index in [-0.39, 0.29) is 35.9 Å². The number of carbonyl (C=O) groups excluding carboxylic acids is 4. The summed E-state index contributed by atoms with van der Waals surface area (Å²) in [5.74, 6) is -1.76. The minimum atomic E-state index is -0.940. The van der Waals surface area contributed by atoms with Crippen LogP contribution in [0.5, 0.6) is 0 Å². The Balaban J connectivity index is 1.70. The lowest BCUT2D eigenvalue weighted by Crippen LogP contribution is -2.39. The summed E-state index contributed by atoms with van der Waals surface area (Å²) in [6.07, 6.45) is -0.940. The van der Waals surface area contributed by atoms with Crippen LogP contribution in [0.1, 0.15) is 57.4 Å². The molecule has 3 rings (SSSR count). The third-order valence-corrected chi connectivity index (χ3v) is 4.47. The number of hydrogen-bond acceptors (Lipinski definition) is 5. The van der Waals surface area contributed by atoms with E-state index in [0.29, 0.717) is 16.7 Å². The van der Waals surface area contributed by atoms with Crippen LogP contribution in [0.25, 0.3) is 0 Å². The second kappa shape index (κ2) is 8.26. The lowest BCUT2D eigenvalue weighted by Gasteiger charge is -2.16. The third-order valence-electron chi connectivity index (χ3n) is 4.47. The molecule has 0 saturated heterocycles. The number of rotatable bonds is 6. The number of amides is 3. The average Bonchev–Trinajstić information content (AvgIpc) is 2.93. The monoisotopic (exact) mass is 394 g/mol. The molecule has 1 aliphatic rings. The van der Waals surface area contributed by atoms with Gasteiger partial charge in [0, 0.05) is 6.04 Å². The van der Waals surface area contributed by atoms with Gasteiger partial charge in [0.2, 0.25) is 0 Å². The van der Waals surface area contributed by atoms with Crippen molar-refractivity contribution >= 4 is 23.7 Å². The molecule has 0 bridgehead atoms. The molecule has 1 N–H and O–H groups in total. The first kappa shape index (κ1) is 20.3. The highest BCUT2D eigenvalue weighted by Gasteiger charge is 2.35. The normalized spacial score (nSPS) is 14.0. The smallest absolute Gasteiger partial charge is 0.338 e. The molecular weight excluding hydrogens is 372 g/mol. The highest BCUT2D eigenvalue weighted by molar-refractivity contribution is 6.21. The number of esters is 1. The second-order valence-corrected chi connectivity index (χ2v) is 7.15. The van der Waals surface area contributed by atoms with Crippen molar-refractivity contribution in [3.63, 3.8) is 0 Å². The van der Waals surface area contributed by atoms with E-state index in [1.807, 2.05) is 13.8 Å². The topological polar surface area (TPSA) is 92.8 Å². The first-order chi connectivity index (χ1) is 13.8. The van der Waals surface area contributed by atoms with Gasteiger partial charge in [-0.2, -0.15) is 0 Å². The average molecular weight is 394 g/mol. The fraction of sp³-hybridized carbons (Fsp3) is 0.273. The molecular formula is C22H22N2O5. The number of carbonyl (C=O) groups is 4. The molecule has 0 spiro atoms. The van der Waals surface area contributed by atoms with Crippen molar-refractivity contribution in [2.75, 3.05) is 0 Å². The Morgan fingerprint density at radius 1 is 0.966 bits per heavy atom. The number of imide groups is 1. The summed E-state index contributed by atoms with van der Waals surface area (Å²) in [4.78, 5) is 50.5. The number of hydrogen-bond donors (Lipinski definition) is 1. The van der Waals surface area contributed by atoms with E-state index in [0.717, 1.165) is 4.90 Å². The van der Waals surface area contributed by atoms with E-state index in [9.17, 15) is 19.2 Å². The summed E-state index contributed by atoms with van der Waals surface area (Å²) >= 11 is 0. The van der Waals surface area contributed by atoms with Crippen LogP contribution in [0.3, 0.4) is 0 Å². The molecule has 0 aliphatic carbocycles. The zero-order valence-corrected chi connectivity index (χ0v) is 16.5. The van der Waals surface area contributed by atoms with Crippen molar-refractivity contribution in [3.8, 4) is 0 Å². The maximum atomic E-state index is 12.5. The van der Waals surface area contributed by atoms with Crippen LogP contribution in [0.2, 0.25) is 0 Å². The quantitative estimate of drug-likeness (QED) is 0.600. The lowest BCUT2D eigenvalue weighted by molar-refractivity contribution is -0.129. The SMILES string of the molecule is CC(C)NC(=O)C(C)OC(=O)c1cccc(CN2C(=O)c3ccccc3C2=O)c1. The molecule has 29 heavy (non-hydrogen) atoms. The predicted octanol–water partition coefficient (Wildman–Crippen LogP) is 2.55. The van der Waals surface area contributed by atoms with Crippen molar-refractivity contribution in [1.82, 2.24) is 10.2 Å². The number of nitrogens with one attached hydrogen (secondary N) is 1. The van der Waals surface area contributed by atoms with Gasteiger partial charge >= 0.3 is 5.97 Å². The highest BCUT2D eigenvalue weighted by Crippen LogP contribution is 2.24. The van der Waals surface area contributed by atoms with E-state index in [1.54, 1.807) is 48.5 Å². The van der Waals surface area contributed by atoms with Crippen LogP contribution < -0.4 is 5.32 Å². The standard InChI is InChI=1S/C22H22N2O5/c1-13(2)23-19(25)14(3)29-22(28)16-8-6-7-15(11-16)12-24-20(26)17-9-4-5-10-18(17)21(24)27/h4-11,13-14H,12H2,1-3H3,(H,23,25). The predicted molar refractivity (Wildman–Crippen MR) is 105 cm³/mol. The lowest BCUT2D eigenvalue weighted by atomic mass is 10.1. The van der Waals surface area contributed by atoms with Gasteiger partial charge in [-0.1, -0.05) is 24.3 Å². The van der Waals surface area contributed by atoms with Gasteiger partial charge in [0.25, 0.3) is 17.7 Å².